The van der Waals surface area contributed by atoms with E-state index in [1.54, 1.807) is 12.1 Å². The van der Waals surface area contributed by atoms with Crippen LogP contribution in [-0.4, -0.2) is 23.8 Å². The zero-order valence-electron chi connectivity index (χ0n) is 18.8. The summed E-state index contributed by atoms with van der Waals surface area (Å²) in [5.41, 5.74) is 0.763. The van der Waals surface area contributed by atoms with Crippen LogP contribution in [0, 0.1) is 23.3 Å². The van der Waals surface area contributed by atoms with Crippen LogP contribution in [0.5, 0.6) is 11.5 Å². The zero-order chi connectivity index (χ0) is 24.9. The molecule has 10 heteroatoms. The molecule has 0 saturated heterocycles. The lowest BCUT2D eigenvalue weighted by Gasteiger charge is -2.15. The summed E-state index contributed by atoms with van der Waals surface area (Å²) in [6.45, 7) is 0.320. The molecule has 0 saturated carbocycles. The average Bonchev–Trinajstić information content (AvgIpc) is 3.24. The van der Waals surface area contributed by atoms with Crippen LogP contribution in [0.2, 0.25) is 0 Å². The molecule has 4 aromatic rings. The van der Waals surface area contributed by atoms with E-state index in [-0.39, 0.29) is 22.2 Å². The van der Waals surface area contributed by atoms with E-state index in [4.69, 9.17) is 9.47 Å². The van der Waals surface area contributed by atoms with Gasteiger partial charge in [-0.2, -0.15) is 0 Å². The van der Waals surface area contributed by atoms with Gasteiger partial charge in [-0.3, -0.25) is 4.57 Å². The van der Waals surface area contributed by atoms with E-state index in [1.807, 2.05) is 6.07 Å². The quantitative estimate of drug-likeness (QED) is 0.213. The summed E-state index contributed by atoms with van der Waals surface area (Å²) in [6, 6.07) is 12.2. The summed E-state index contributed by atoms with van der Waals surface area (Å²) in [6.07, 6.45) is 1.48. The van der Waals surface area contributed by atoms with E-state index >= 15 is 0 Å². The van der Waals surface area contributed by atoms with E-state index in [0.29, 0.717) is 23.9 Å². The zero-order valence-corrected chi connectivity index (χ0v) is 19.6. The fourth-order valence-electron chi connectivity index (χ4n) is 3.45. The minimum Gasteiger partial charge on any atom is -0.493 e. The standard InChI is InChI=1S/C25H21F4N3O2S/c1-33-22-9-6-15(10-23(22)34-2)12-30-24-13-31-25(32(24)21-8-7-16(26)11-20(21)29)35-14-17-18(27)4-3-5-19(17)28/h3-11,13,30H,12,14H2,1-2H3. The van der Waals surface area contributed by atoms with Crippen molar-refractivity contribution in [1.82, 2.24) is 9.55 Å². The molecular weight excluding hydrogens is 482 g/mol. The largest absolute Gasteiger partial charge is 0.493 e. The maximum absolute atomic E-state index is 14.7. The fourth-order valence-corrected chi connectivity index (χ4v) is 4.45. The van der Waals surface area contributed by atoms with Gasteiger partial charge in [0.2, 0.25) is 0 Å². The van der Waals surface area contributed by atoms with Gasteiger partial charge in [-0.1, -0.05) is 23.9 Å². The van der Waals surface area contributed by atoms with E-state index in [9.17, 15) is 17.6 Å². The van der Waals surface area contributed by atoms with Crippen LogP contribution < -0.4 is 14.8 Å². The summed E-state index contributed by atoms with van der Waals surface area (Å²) in [5, 5.41) is 3.45. The predicted octanol–water partition coefficient (Wildman–Crippen LogP) is 6.35. The molecule has 35 heavy (non-hydrogen) atoms. The number of halogens is 4. The molecule has 4 rings (SSSR count). The molecule has 1 aromatic heterocycles. The van der Waals surface area contributed by atoms with Crippen molar-refractivity contribution >= 4 is 17.6 Å². The van der Waals surface area contributed by atoms with Gasteiger partial charge < -0.3 is 14.8 Å². The molecule has 0 amide bonds. The monoisotopic (exact) mass is 503 g/mol. The van der Waals surface area contributed by atoms with Crippen LogP contribution in [0.3, 0.4) is 0 Å². The van der Waals surface area contributed by atoms with E-state index in [2.05, 4.69) is 10.3 Å². The molecular formula is C25H21F4N3O2S. The molecule has 0 aliphatic heterocycles. The average molecular weight is 504 g/mol. The summed E-state index contributed by atoms with van der Waals surface area (Å²) >= 11 is 1.02. The van der Waals surface area contributed by atoms with Crippen LogP contribution in [0.15, 0.2) is 66.0 Å². The molecule has 1 heterocycles. The number of thioether (sulfide) groups is 1. The molecule has 0 spiro atoms. The van der Waals surface area contributed by atoms with E-state index in [0.717, 1.165) is 29.5 Å². The number of benzene rings is 3. The molecule has 0 unspecified atom stereocenters. The number of rotatable bonds is 9. The van der Waals surface area contributed by atoms with E-state index < -0.39 is 23.3 Å². The lowest BCUT2D eigenvalue weighted by Crippen LogP contribution is -2.08. The smallest absolute Gasteiger partial charge is 0.174 e. The lowest BCUT2D eigenvalue weighted by atomic mass is 10.2. The molecule has 0 atom stereocenters. The minimum absolute atomic E-state index is 0.0372. The van der Waals surface area contributed by atoms with Gasteiger partial charge in [-0.05, 0) is 42.0 Å². The summed E-state index contributed by atoms with van der Waals surface area (Å²) in [5.74, 6) is -1.45. The Kier molecular flexibility index (Phi) is 7.50. The Balaban J connectivity index is 1.65. The van der Waals surface area contributed by atoms with Crippen molar-refractivity contribution < 1.29 is 27.0 Å². The first-order valence-corrected chi connectivity index (χ1v) is 11.4. The number of nitrogens with zero attached hydrogens (tertiary/aromatic N) is 2. The number of aromatic nitrogens is 2. The molecule has 5 nitrogen and oxygen atoms in total. The number of methoxy groups -OCH3 is 2. The van der Waals surface area contributed by atoms with Gasteiger partial charge in [0, 0.05) is 23.9 Å². The predicted molar refractivity (Wildman–Crippen MR) is 126 cm³/mol. The van der Waals surface area contributed by atoms with Crippen molar-refractivity contribution in [3.63, 3.8) is 0 Å². The Morgan fingerprint density at radius 3 is 2.31 bits per heavy atom. The summed E-state index contributed by atoms with van der Waals surface area (Å²) < 4.78 is 68.5. The Hall–Kier alpha value is -3.66. The van der Waals surface area contributed by atoms with E-state index in [1.165, 1.54) is 49.2 Å². The molecule has 0 radical (unpaired) electrons. The normalized spacial score (nSPS) is 10.9. The molecule has 0 aliphatic carbocycles. The number of nitrogens with one attached hydrogen (secondary N) is 1. The summed E-state index contributed by atoms with van der Waals surface area (Å²) in [7, 11) is 3.07. The van der Waals surface area contributed by atoms with Crippen molar-refractivity contribution in [3.05, 3.63) is 95.2 Å². The van der Waals surface area contributed by atoms with Crippen LogP contribution in [0.4, 0.5) is 23.4 Å². The Bertz CT molecular complexity index is 1330. The van der Waals surface area contributed by atoms with Crippen molar-refractivity contribution in [2.75, 3.05) is 19.5 Å². The molecule has 0 aliphatic rings. The molecule has 3 aromatic carbocycles. The van der Waals surface area contributed by atoms with Crippen LogP contribution in [0.25, 0.3) is 5.69 Å². The number of ether oxygens (including phenoxy) is 2. The van der Waals surface area contributed by atoms with Crippen molar-refractivity contribution in [1.29, 1.82) is 0 Å². The number of anilines is 1. The Labute approximate surface area is 203 Å². The van der Waals surface area contributed by atoms with Gasteiger partial charge in [-0.15, -0.1) is 0 Å². The first-order valence-electron chi connectivity index (χ1n) is 10.4. The topological polar surface area (TPSA) is 48.3 Å². The van der Waals surface area contributed by atoms with Crippen molar-refractivity contribution in [2.24, 2.45) is 0 Å². The Morgan fingerprint density at radius 2 is 1.63 bits per heavy atom. The Morgan fingerprint density at radius 1 is 0.886 bits per heavy atom. The molecule has 0 fully saturated rings. The van der Waals surface area contributed by atoms with Crippen molar-refractivity contribution in [3.8, 4) is 17.2 Å². The third kappa shape index (κ3) is 5.37. The third-order valence-electron chi connectivity index (χ3n) is 5.21. The highest BCUT2D eigenvalue weighted by Gasteiger charge is 2.18. The maximum atomic E-state index is 14.7. The summed E-state index contributed by atoms with van der Waals surface area (Å²) in [4.78, 5) is 4.32. The second-order valence-electron chi connectivity index (χ2n) is 7.39. The minimum atomic E-state index is -0.809. The van der Waals surface area contributed by atoms with Gasteiger partial charge in [0.05, 0.1) is 26.1 Å². The second-order valence-corrected chi connectivity index (χ2v) is 8.33. The van der Waals surface area contributed by atoms with Crippen LogP contribution in [0.1, 0.15) is 11.1 Å². The van der Waals surface area contributed by atoms with Gasteiger partial charge in [0.15, 0.2) is 16.7 Å². The van der Waals surface area contributed by atoms with Gasteiger partial charge in [0.25, 0.3) is 0 Å². The molecule has 1 N–H and O–H groups in total. The SMILES string of the molecule is COc1ccc(CNc2cnc(SCc3c(F)cccc3F)n2-c2ccc(F)cc2F)cc1OC. The number of imidazole rings is 1. The fraction of sp³-hybridized carbons (Fsp3) is 0.160. The van der Waals surface area contributed by atoms with Crippen LogP contribution >= 0.6 is 11.8 Å². The highest BCUT2D eigenvalue weighted by atomic mass is 32.2. The van der Waals surface area contributed by atoms with Gasteiger partial charge in [-0.25, -0.2) is 22.5 Å². The van der Waals surface area contributed by atoms with Crippen molar-refractivity contribution in [2.45, 2.75) is 17.5 Å². The third-order valence-corrected chi connectivity index (χ3v) is 6.19. The highest BCUT2D eigenvalue weighted by molar-refractivity contribution is 7.98. The maximum Gasteiger partial charge on any atom is 0.174 e. The number of hydrogen-bond donors (Lipinski definition) is 1. The second kappa shape index (κ2) is 10.7. The highest BCUT2D eigenvalue weighted by Crippen LogP contribution is 2.32. The van der Waals surface area contributed by atoms with Crippen LogP contribution in [-0.2, 0) is 12.3 Å². The first kappa shape index (κ1) is 24.5. The molecule has 0 bridgehead atoms. The number of hydrogen-bond acceptors (Lipinski definition) is 5. The van der Waals surface area contributed by atoms with Gasteiger partial charge >= 0.3 is 0 Å². The lowest BCUT2D eigenvalue weighted by molar-refractivity contribution is 0.354. The molecule has 182 valence electrons. The first-order chi connectivity index (χ1) is 16.9. The van der Waals surface area contributed by atoms with Gasteiger partial charge in [0.1, 0.15) is 29.1 Å².